The molecule has 1 unspecified atom stereocenters. The summed E-state index contributed by atoms with van der Waals surface area (Å²) in [6.45, 7) is 1.66. The van der Waals surface area contributed by atoms with E-state index in [0.29, 0.717) is 10.2 Å². The van der Waals surface area contributed by atoms with E-state index in [2.05, 4.69) is 26.2 Å². The minimum Gasteiger partial charge on any atom is -0.341 e. The Hall–Kier alpha value is -2.13. The van der Waals surface area contributed by atoms with E-state index in [1.807, 2.05) is 0 Å². The number of nitrogens with zero attached hydrogens (tertiary/aromatic N) is 4. The van der Waals surface area contributed by atoms with Crippen molar-refractivity contribution in [1.29, 1.82) is 0 Å². The average Bonchev–Trinajstić information content (AvgIpc) is 2.95. The van der Waals surface area contributed by atoms with E-state index in [1.165, 1.54) is 11.7 Å². The summed E-state index contributed by atoms with van der Waals surface area (Å²) in [5.74, 6) is -0.435. The molecule has 1 aromatic carbocycles. The van der Waals surface area contributed by atoms with Crippen molar-refractivity contribution in [2.45, 2.75) is 17.3 Å². The topological polar surface area (TPSA) is 102 Å². The summed E-state index contributed by atoms with van der Waals surface area (Å²) >= 11 is 6.98. The standard InChI is InChI=1S/C12H13ClN6O2S/c1-7(10(20)15-11(21)14-2)22-12-16-17-18-19(12)9-5-3-8(13)4-6-9/h3-7H,1-2H3,(H2,14,15,20,21). The van der Waals surface area contributed by atoms with Crippen LogP contribution in [0.5, 0.6) is 0 Å². The molecule has 2 N–H and O–H groups in total. The zero-order chi connectivity index (χ0) is 16.1. The van der Waals surface area contributed by atoms with E-state index < -0.39 is 17.2 Å². The zero-order valence-electron chi connectivity index (χ0n) is 11.8. The normalized spacial score (nSPS) is 11.8. The molecule has 116 valence electrons. The maximum atomic E-state index is 11.8. The molecule has 1 aromatic heterocycles. The summed E-state index contributed by atoms with van der Waals surface area (Å²) in [5, 5.41) is 16.4. The summed E-state index contributed by atoms with van der Waals surface area (Å²) in [6, 6.07) is 6.40. The van der Waals surface area contributed by atoms with Crippen LogP contribution in [0.15, 0.2) is 29.4 Å². The van der Waals surface area contributed by atoms with Gasteiger partial charge in [-0.15, -0.1) is 5.10 Å². The molecule has 3 amide bonds. The number of hydrogen-bond donors (Lipinski definition) is 2. The van der Waals surface area contributed by atoms with Crippen molar-refractivity contribution in [2.24, 2.45) is 0 Å². The molecule has 0 spiro atoms. The van der Waals surface area contributed by atoms with Crippen molar-refractivity contribution in [3.63, 3.8) is 0 Å². The van der Waals surface area contributed by atoms with E-state index in [-0.39, 0.29) is 0 Å². The first-order valence-corrected chi connectivity index (χ1v) is 7.50. The number of aromatic nitrogens is 4. The van der Waals surface area contributed by atoms with Crippen molar-refractivity contribution in [3.8, 4) is 5.69 Å². The van der Waals surface area contributed by atoms with Gasteiger partial charge in [0.1, 0.15) is 0 Å². The number of imide groups is 1. The molecule has 0 aliphatic heterocycles. The van der Waals surface area contributed by atoms with E-state index in [4.69, 9.17) is 11.6 Å². The minimum atomic E-state index is -0.560. The number of amides is 3. The third-order valence-corrected chi connectivity index (χ3v) is 3.91. The van der Waals surface area contributed by atoms with E-state index >= 15 is 0 Å². The molecule has 1 heterocycles. The van der Waals surface area contributed by atoms with E-state index in [1.54, 1.807) is 31.2 Å². The van der Waals surface area contributed by atoms with Crippen LogP contribution in [-0.4, -0.2) is 44.4 Å². The maximum absolute atomic E-state index is 11.8. The number of urea groups is 1. The van der Waals surface area contributed by atoms with Gasteiger partial charge in [-0.05, 0) is 41.6 Å². The lowest BCUT2D eigenvalue weighted by molar-refractivity contribution is -0.119. The van der Waals surface area contributed by atoms with Crippen molar-refractivity contribution in [1.82, 2.24) is 30.8 Å². The van der Waals surface area contributed by atoms with Gasteiger partial charge >= 0.3 is 6.03 Å². The molecule has 1 atom stereocenters. The van der Waals surface area contributed by atoms with Crippen LogP contribution in [0.3, 0.4) is 0 Å². The average molecular weight is 341 g/mol. The molecule has 0 aliphatic carbocycles. The predicted molar refractivity (Wildman–Crippen MR) is 82.1 cm³/mol. The Balaban J connectivity index is 2.11. The SMILES string of the molecule is CNC(=O)NC(=O)C(C)Sc1nnnn1-c1ccc(Cl)cc1. The minimum absolute atomic E-state index is 0.432. The molecule has 22 heavy (non-hydrogen) atoms. The Bertz CT molecular complexity index is 675. The number of thioether (sulfide) groups is 1. The van der Waals surface area contributed by atoms with Crippen LogP contribution in [0, 0.1) is 0 Å². The van der Waals surface area contributed by atoms with Gasteiger partial charge in [0.25, 0.3) is 0 Å². The fourth-order valence-electron chi connectivity index (χ4n) is 1.48. The summed E-state index contributed by atoms with van der Waals surface area (Å²) < 4.78 is 1.49. The highest BCUT2D eigenvalue weighted by atomic mass is 35.5. The van der Waals surface area contributed by atoms with Crippen molar-refractivity contribution < 1.29 is 9.59 Å². The zero-order valence-corrected chi connectivity index (χ0v) is 13.4. The number of tetrazole rings is 1. The Morgan fingerprint density at radius 1 is 1.32 bits per heavy atom. The first-order valence-electron chi connectivity index (χ1n) is 6.25. The number of benzene rings is 1. The number of hydrogen-bond acceptors (Lipinski definition) is 6. The van der Waals surface area contributed by atoms with Crippen molar-refractivity contribution >= 4 is 35.3 Å². The van der Waals surface area contributed by atoms with Crippen LogP contribution in [-0.2, 0) is 4.79 Å². The third kappa shape index (κ3) is 3.95. The first kappa shape index (κ1) is 16.2. The van der Waals surface area contributed by atoms with Crippen molar-refractivity contribution in [2.75, 3.05) is 7.05 Å². The largest absolute Gasteiger partial charge is 0.341 e. The molecular formula is C12H13ClN6O2S. The van der Waals surface area contributed by atoms with Crippen molar-refractivity contribution in [3.05, 3.63) is 29.3 Å². The van der Waals surface area contributed by atoms with Crippen LogP contribution in [0.2, 0.25) is 5.02 Å². The number of halogens is 1. The molecule has 0 fully saturated rings. The van der Waals surface area contributed by atoms with Crippen LogP contribution in [0.25, 0.3) is 5.69 Å². The molecule has 2 aromatic rings. The van der Waals surface area contributed by atoms with Gasteiger partial charge < -0.3 is 5.32 Å². The van der Waals surface area contributed by atoms with Gasteiger partial charge in [0.15, 0.2) is 0 Å². The molecular weight excluding hydrogens is 328 g/mol. The lowest BCUT2D eigenvalue weighted by atomic mass is 10.3. The summed E-state index contributed by atoms with van der Waals surface area (Å²) in [6.07, 6.45) is 0. The Morgan fingerprint density at radius 2 is 2.00 bits per heavy atom. The highest BCUT2D eigenvalue weighted by molar-refractivity contribution is 8.00. The van der Waals surface area contributed by atoms with Gasteiger partial charge in [-0.25, -0.2) is 4.79 Å². The molecule has 0 aliphatic rings. The quantitative estimate of drug-likeness (QED) is 0.812. The number of carbonyl (C=O) groups excluding carboxylic acids is 2. The molecule has 2 rings (SSSR count). The highest BCUT2D eigenvalue weighted by Crippen LogP contribution is 2.23. The summed E-state index contributed by atoms with van der Waals surface area (Å²) in [7, 11) is 1.43. The van der Waals surface area contributed by atoms with Gasteiger partial charge in [0.2, 0.25) is 11.1 Å². The summed E-state index contributed by atoms with van der Waals surface area (Å²) in [5.41, 5.74) is 0.718. The first-order chi connectivity index (χ1) is 10.5. The smallest absolute Gasteiger partial charge is 0.321 e. The van der Waals surface area contributed by atoms with E-state index in [0.717, 1.165) is 17.4 Å². The number of rotatable bonds is 4. The highest BCUT2D eigenvalue weighted by Gasteiger charge is 2.20. The van der Waals surface area contributed by atoms with Crippen LogP contribution >= 0.6 is 23.4 Å². The van der Waals surface area contributed by atoms with Crippen LogP contribution in [0.4, 0.5) is 4.79 Å². The molecule has 0 saturated carbocycles. The molecule has 10 heteroatoms. The summed E-state index contributed by atoms with van der Waals surface area (Å²) in [4.78, 5) is 23.0. The Labute approximate surface area is 135 Å². The maximum Gasteiger partial charge on any atom is 0.321 e. The second kappa shape index (κ2) is 7.23. The predicted octanol–water partition coefficient (Wildman–Crippen LogP) is 1.25. The van der Waals surface area contributed by atoms with Crippen LogP contribution < -0.4 is 10.6 Å². The fourth-order valence-corrected chi connectivity index (χ4v) is 2.42. The number of nitrogens with one attached hydrogen (secondary N) is 2. The Kier molecular flexibility index (Phi) is 5.34. The lowest BCUT2D eigenvalue weighted by Crippen LogP contribution is -2.41. The molecule has 0 bridgehead atoms. The molecule has 0 radical (unpaired) electrons. The molecule has 8 nitrogen and oxygen atoms in total. The van der Waals surface area contributed by atoms with Gasteiger partial charge in [0, 0.05) is 12.1 Å². The Morgan fingerprint density at radius 3 is 2.64 bits per heavy atom. The van der Waals surface area contributed by atoms with Gasteiger partial charge in [-0.1, -0.05) is 23.4 Å². The molecule has 0 saturated heterocycles. The second-order valence-electron chi connectivity index (χ2n) is 4.18. The number of carbonyl (C=O) groups is 2. The van der Waals surface area contributed by atoms with E-state index in [9.17, 15) is 9.59 Å². The van der Waals surface area contributed by atoms with Gasteiger partial charge in [-0.2, -0.15) is 4.68 Å². The lowest BCUT2D eigenvalue weighted by Gasteiger charge is -2.10. The van der Waals surface area contributed by atoms with Gasteiger partial charge in [0.05, 0.1) is 10.9 Å². The fraction of sp³-hybridized carbons (Fsp3) is 0.250. The monoisotopic (exact) mass is 340 g/mol. The third-order valence-electron chi connectivity index (χ3n) is 2.63. The second-order valence-corrected chi connectivity index (χ2v) is 5.92. The van der Waals surface area contributed by atoms with Gasteiger partial charge in [-0.3, -0.25) is 10.1 Å². The van der Waals surface area contributed by atoms with Crippen LogP contribution in [0.1, 0.15) is 6.92 Å².